The minimum atomic E-state index is 0.635. The molecule has 0 amide bonds. The van der Waals surface area contributed by atoms with Gasteiger partial charge >= 0.3 is 0 Å². The topological polar surface area (TPSA) is 30.5 Å². The summed E-state index contributed by atoms with van der Waals surface area (Å²) in [5, 5.41) is 4.45. The van der Waals surface area contributed by atoms with Gasteiger partial charge in [0.25, 0.3) is 0 Å². The van der Waals surface area contributed by atoms with Crippen molar-refractivity contribution in [1.82, 2.24) is 5.32 Å². The van der Waals surface area contributed by atoms with E-state index in [0.717, 1.165) is 23.3 Å². The molecule has 1 aliphatic heterocycles. The van der Waals surface area contributed by atoms with Crippen LogP contribution in [0.2, 0.25) is 0 Å². The number of nitrogens with one attached hydrogen (secondary N) is 1. The second-order valence-corrected chi connectivity index (χ2v) is 6.21. The van der Waals surface area contributed by atoms with Crippen LogP contribution in [0.5, 0.6) is 11.5 Å². The third-order valence-electron chi connectivity index (χ3n) is 3.96. The molecule has 19 heavy (non-hydrogen) atoms. The lowest BCUT2D eigenvalue weighted by atomic mass is 10.1. The summed E-state index contributed by atoms with van der Waals surface area (Å²) < 4.78 is 11.4. The fourth-order valence-corrected chi connectivity index (χ4v) is 3.92. The first-order valence-corrected chi connectivity index (χ1v) is 8.31. The molecule has 0 aromatic heterocycles. The Hall–Kier alpha value is -0.870. The van der Waals surface area contributed by atoms with E-state index in [1.165, 1.54) is 24.8 Å². The zero-order valence-electron chi connectivity index (χ0n) is 11.4. The summed E-state index contributed by atoms with van der Waals surface area (Å²) in [5.74, 6) is 1.82. The summed E-state index contributed by atoms with van der Waals surface area (Å²) in [7, 11) is 0. The van der Waals surface area contributed by atoms with Gasteiger partial charge in [0.2, 0.25) is 0 Å². The highest BCUT2D eigenvalue weighted by atomic mass is 32.2. The lowest BCUT2D eigenvalue weighted by Crippen LogP contribution is -2.33. The molecular weight excluding hydrogens is 258 g/mol. The molecule has 2 aliphatic rings. The van der Waals surface area contributed by atoms with Crippen molar-refractivity contribution in [2.45, 2.75) is 37.1 Å². The molecular formula is C15H21NO2S. The number of hydrogen-bond donors (Lipinski definition) is 1. The van der Waals surface area contributed by atoms with Gasteiger partial charge < -0.3 is 14.8 Å². The number of thioether (sulfide) groups is 1. The van der Waals surface area contributed by atoms with Gasteiger partial charge in [0, 0.05) is 23.4 Å². The Labute approximate surface area is 119 Å². The first-order valence-electron chi connectivity index (χ1n) is 7.02. The molecule has 2 unspecified atom stereocenters. The van der Waals surface area contributed by atoms with Gasteiger partial charge in [0.15, 0.2) is 11.5 Å². The quantitative estimate of drug-likeness (QED) is 0.918. The van der Waals surface area contributed by atoms with Crippen molar-refractivity contribution < 1.29 is 9.47 Å². The summed E-state index contributed by atoms with van der Waals surface area (Å²) in [6.45, 7) is 2.18. The molecule has 1 aromatic carbocycles. The third-order valence-corrected chi connectivity index (χ3v) is 5.13. The van der Waals surface area contributed by atoms with Crippen LogP contribution < -0.4 is 14.8 Å². The molecule has 0 radical (unpaired) electrons. The van der Waals surface area contributed by atoms with Gasteiger partial charge in [0.05, 0.1) is 0 Å². The molecule has 4 heteroatoms. The molecule has 1 aromatic rings. The summed E-state index contributed by atoms with van der Waals surface area (Å²) in [6, 6.07) is 6.79. The Kier molecular flexibility index (Phi) is 4.18. The molecule has 3 rings (SSSR count). The standard InChI is InChI=1S/C15H21NO2S/c1-19-14-7-3-5-12(14)16-10-11-4-2-6-13-15(11)18-9-8-17-13/h2,4,6,12,14,16H,3,5,7-10H2,1H3. The van der Waals surface area contributed by atoms with E-state index in [9.17, 15) is 0 Å². The van der Waals surface area contributed by atoms with Gasteiger partial charge in [-0.25, -0.2) is 0 Å². The van der Waals surface area contributed by atoms with Crippen LogP contribution in [0.1, 0.15) is 24.8 Å². The first-order chi connectivity index (χ1) is 9.38. The zero-order valence-corrected chi connectivity index (χ0v) is 12.2. The van der Waals surface area contributed by atoms with Crippen LogP contribution in [0, 0.1) is 0 Å². The lowest BCUT2D eigenvalue weighted by Gasteiger charge is -2.23. The van der Waals surface area contributed by atoms with Crippen LogP contribution >= 0.6 is 11.8 Å². The summed E-state index contributed by atoms with van der Waals surface area (Å²) in [6.07, 6.45) is 6.19. The van der Waals surface area contributed by atoms with Crippen LogP contribution in [0.3, 0.4) is 0 Å². The molecule has 1 saturated carbocycles. The largest absolute Gasteiger partial charge is 0.486 e. The van der Waals surface area contributed by atoms with Gasteiger partial charge in [-0.1, -0.05) is 18.6 Å². The summed E-state index contributed by atoms with van der Waals surface area (Å²) in [4.78, 5) is 0. The van der Waals surface area contributed by atoms with Crippen molar-refractivity contribution in [1.29, 1.82) is 0 Å². The van der Waals surface area contributed by atoms with Crippen molar-refractivity contribution in [2.75, 3.05) is 19.5 Å². The SMILES string of the molecule is CSC1CCCC1NCc1cccc2c1OCCO2. The van der Waals surface area contributed by atoms with E-state index >= 15 is 0 Å². The Morgan fingerprint density at radius 3 is 3.05 bits per heavy atom. The molecule has 3 nitrogen and oxygen atoms in total. The molecule has 1 heterocycles. The maximum atomic E-state index is 5.75. The number of para-hydroxylation sites is 1. The van der Waals surface area contributed by atoms with Crippen LogP contribution in [-0.4, -0.2) is 30.8 Å². The summed E-state index contributed by atoms with van der Waals surface area (Å²) >= 11 is 1.99. The van der Waals surface area contributed by atoms with Crippen molar-refractivity contribution in [3.63, 3.8) is 0 Å². The molecule has 1 aliphatic carbocycles. The van der Waals surface area contributed by atoms with Crippen LogP contribution in [0.25, 0.3) is 0 Å². The van der Waals surface area contributed by atoms with Crippen molar-refractivity contribution >= 4 is 11.8 Å². The van der Waals surface area contributed by atoms with E-state index in [-0.39, 0.29) is 0 Å². The highest BCUT2D eigenvalue weighted by Gasteiger charge is 2.26. The number of rotatable bonds is 4. The summed E-state index contributed by atoms with van der Waals surface area (Å²) in [5.41, 5.74) is 1.21. The van der Waals surface area contributed by atoms with Crippen molar-refractivity contribution in [3.05, 3.63) is 23.8 Å². The van der Waals surface area contributed by atoms with Gasteiger partial charge in [-0.05, 0) is 25.2 Å². The third kappa shape index (κ3) is 2.84. The van der Waals surface area contributed by atoms with E-state index < -0.39 is 0 Å². The van der Waals surface area contributed by atoms with Crippen LogP contribution in [-0.2, 0) is 6.54 Å². The highest BCUT2D eigenvalue weighted by Crippen LogP contribution is 2.34. The smallest absolute Gasteiger partial charge is 0.165 e. The van der Waals surface area contributed by atoms with Crippen LogP contribution in [0.4, 0.5) is 0 Å². The van der Waals surface area contributed by atoms with E-state index in [0.29, 0.717) is 19.3 Å². The predicted octanol–water partition coefficient (Wildman–Crippen LogP) is 2.83. The molecule has 104 valence electrons. The lowest BCUT2D eigenvalue weighted by molar-refractivity contribution is 0.169. The molecule has 0 saturated heterocycles. The average molecular weight is 279 g/mol. The minimum Gasteiger partial charge on any atom is -0.486 e. The van der Waals surface area contributed by atoms with Crippen molar-refractivity contribution in [3.8, 4) is 11.5 Å². The maximum Gasteiger partial charge on any atom is 0.165 e. The fraction of sp³-hybridized carbons (Fsp3) is 0.600. The molecule has 1 fully saturated rings. The number of fused-ring (bicyclic) bond motifs is 1. The van der Waals surface area contributed by atoms with Crippen LogP contribution in [0.15, 0.2) is 18.2 Å². The number of ether oxygens (including phenoxy) is 2. The first kappa shape index (κ1) is 13.1. The van der Waals surface area contributed by atoms with Gasteiger partial charge in [-0.15, -0.1) is 0 Å². The van der Waals surface area contributed by atoms with E-state index in [1.54, 1.807) is 0 Å². The van der Waals surface area contributed by atoms with Gasteiger partial charge in [-0.2, -0.15) is 11.8 Å². The normalized spacial score (nSPS) is 25.5. The Morgan fingerprint density at radius 2 is 2.16 bits per heavy atom. The molecule has 0 bridgehead atoms. The molecule has 0 spiro atoms. The molecule has 1 N–H and O–H groups in total. The highest BCUT2D eigenvalue weighted by molar-refractivity contribution is 7.99. The van der Waals surface area contributed by atoms with E-state index in [2.05, 4.69) is 17.6 Å². The monoisotopic (exact) mass is 279 g/mol. The van der Waals surface area contributed by atoms with Gasteiger partial charge in [0.1, 0.15) is 13.2 Å². The second-order valence-electron chi connectivity index (χ2n) is 5.13. The maximum absolute atomic E-state index is 5.75. The number of benzene rings is 1. The number of hydrogen-bond acceptors (Lipinski definition) is 4. The van der Waals surface area contributed by atoms with Gasteiger partial charge in [-0.3, -0.25) is 0 Å². The molecule has 2 atom stereocenters. The van der Waals surface area contributed by atoms with E-state index in [1.807, 2.05) is 23.9 Å². The fourth-order valence-electron chi connectivity index (χ4n) is 2.96. The Morgan fingerprint density at radius 1 is 1.26 bits per heavy atom. The second kappa shape index (κ2) is 6.06. The predicted molar refractivity (Wildman–Crippen MR) is 79.2 cm³/mol. The minimum absolute atomic E-state index is 0.635. The Bertz CT molecular complexity index is 438. The zero-order chi connectivity index (χ0) is 13.1. The average Bonchev–Trinajstić information content (AvgIpc) is 2.92. The van der Waals surface area contributed by atoms with Crippen molar-refractivity contribution in [2.24, 2.45) is 0 Å². The van der Waals surface area contributed by atoms with E-state index in [4.69, 9.17) is 9.47 Å². The Balaban J connectivity index is 1.67.